The third-order valence-corrected chi connectivity index (χ3v) is 12.3. The van der Waals surface area contributed by atoms with Crippen LogP contribution in [0.25, 0.3) is 22.2 Å². The molecule has 7 rings (SSSR count). The van der Waals surface area contributed by atoms with Gasteiger partial charge in [-0.1, -0.05) is 25.3 Å². The number of fused-ring (bicyclic) bond motifs is 5. The Morgan fingerprint density at radius 3 is 2.40 bits per heavy atom. The maximum atomic E-state index is 14.8. The lowest BCUT2D eigenvalue weighted by Crippen LogP contribution is -2.48. The summed E-state index contributed by atoms with van der Waals surface area (Å²) in [5.41, 5.74) is 4.66. The topological polar surface area (TPSA) is 140 Å². The van der Waals surface area contributed by atoms with Crippen LogP contribution in [0.5, 0.6) is 5.75 Å². The van der Waals surface area contributed by atoms with Gasteiger partial charge in [-0.2, -0.15) is 12.7 Å². The molecular formula is C37H46N6O6S. The quantitative estimate of drug-likeness (QED) is 0.264. The number of carbonyl (C=O) groups is 2. The van der Waals surface area contributed by atoms with Gasteiger partial charge in [0.2, 0.25) is 17.7 Å². The first-order valence-corrected chi connectivity index (χ1v) is 19.0. The first-order valence-electron chi connectivity index (χ1n) is 17.6. The van der Waals surface area contributed by atoms with E-state index in [9.17, 15) is 18.0 Å². The number of aryl methyl sites for hydroxylation is 1. The zero-order valence-electron chi connectivity index (χ0n) is 29.5. The molecule has 1 saturated heterocycles. The number of benzene rings is 2. The first kappa shape index (κ1) is 34.2. The molecule has 4 heterocycles. The van der Waals surface area contributed by atoms with Crippen LogP contribution >= 0.6 is 0 Å². The standard InChI is InChI=1S/C37H46N6O6S/c1-23-38-39-35(49-23)25-15-17-42(18-16-25)36(45)37(2)21-27-19-28(48-5)12-14-29(27)33-32(24-9-7-6-8-10-24)30-13-11-26(20-31(30)43(33)22-37)34(44)40-50(46,47)41(3)4/h11-14,19-20,24-25H,6-10,15-18,21-22H2,1-5H3,(H,40,44)/t37-/m0/s1. The third kappa shape index (κ3) is 6.19. The summed E-state index contributed by atoms with van der Waals surface area (Å²) in [5, 5.41) is 9.28. The molecule has 4 aromatic rings. The first-order chi connectivity index (χ1) is 23.9. The van der Waals surface area contributed by atoms with Gasteiger partial charge in [0.1, 0.15) is 5.75 Å². The highest BCUT2D eigenvalue weighted by Crippen LogP contribution is 2.49. The predicted octanol–water partition coefficient (Wildman–Crippen LogP) is 5.56. The molecule has 2 aliphatic heterocycles. The summed E-state index contributed by atoms with van der Waals surface area (Å²) in [6.07, 6.45) is 7.61. The minimum absolute atomic E-state index is 0.0753. The number of nitrogens with zero attached hydrogens (tertiary/aromatic N) is 5. The fraction of sp³-hybridized carbons (Fsp3) is 0.514. The molecule has 266 valence electrons. The van der Waals surface area contributed by atoms with Gasteiger partial charge in [-0.15, -0.1) is 10.2 Å². The van der Waals surface area contributed by atoms with Crippen LogP contribution < -0.4 is 9.46 Å². The van der Waals surface area contributed by atoms with E-state index in [1.165, 1.54) is 26.1 Å². The van der Waals surface area contributed by atoms with E-state index in [1.807, 2.05) is 24.0 Å². The SMILES string of the molecule is COc1ccc2c(c1)C[C@](C)(C(=O)N1CCC(c3nnc(C)o3)CC1)Cn1c-2c(C2CCCCC2)c2ccc(C(=O)NS(=O)(=O)N(C)C)cc21. The van der Waals surface area contributed by atoms with Crippen molar-refractivity contribution in [1.82, 2.24) is 28.7 Å². The summed E-state index contributed by atoms with van der Waals surface area (Å²) in [4.78, 5) is 30.1. The van der Waals surface area contributed by atoms with E-state index in [2.05, 4.69) is 31.6 Å². The molecule has 0 bridgehead atoms. The lowest BCUT2D eigenvalue weighted by Gasteiger charge is -2.38. The van der Waals surface area contributed by atoms with Gasteiger partial charge in [0.05, 0.1) is 18.2 Å². The molecule has 50 heavy (non-hydrogen) atoms. The summed E-state index contributed by atoms with van der Waals surface area (Å²) in [7, 11) is 0.418. The number of rotatable bonds is 7. The van der Waals surface area contributed by atoms with Crippen molar-refractivity contribution in [2.24, 2.45) is 5.41 Å². The zero-order valence-corrected chi connectivity index (χ0v) is 30.3. The molecule has 2 aromatic heterocycles. The van der Waals surface area contributed by atoms with Crippen molar-refractivity contribution in [3.05, 3.63) is 64.9 Å². The lowest BCUT2D eigenvalue weighted by atomic mass is 9.79. The molecular weight excluding hydrogens is 657 g/mol. The lowest BCUT2D eigenvalue weighted by molar-refractivity contribution is -0.143. The van der Waals surface area contributed by atoms with E-state index in [0.29, 0.717) is 43.8 Å². The van der Waals surface area contributed by atoms with Gasteiger partial charge in [0.25, 0.3) is 5.91 Å². The Morgan fingerprint density at radius 1 is 1.00 bits per heavy atom. The smallest absolute Gasteiger partial charge is 0.303 e. The van der Waals surface area contributed by atoms with Crippen molar-refractivity contribution in [2.75, 3.05) is 34.3 Å². The van der Waals surface area contributed by atoms with Crippen molar-refractivity contribution in [1.29, 1.82) is 0 Å². The molecule has 3 aliphatic rings. The van der Waals surface area contributed by atoms with Gasteiger partial charge in [-0.3, -0.25) is 9.59 Å². The van der Waals surface area contributed by atoms with Crippen molar-refractivity contribution in [3.8, 4) is 17.0 Å². The van der Waals surface area contributed by atoms with Gasteiger partial charge in [0.15, 0.2) is 0 Å². The summed E-state index contributed by atoms with van der Waals surface area (Å²) in [5.74, 6) is 1.72. The number of hydrogen-bond donors (Lipinski definition) is 1. The van der Waals surface area contributed by atoms with Gasteiger partial charge >= 0.3 is 10.2 Å². The highest BCUT2D eigenvalue weighted by atomic mass is 32.2. The highest BCUT2D eigenvalue weighted by Gasteiger charge is 2.43. The second-order valence-corrected chi connectivity index (χ2v) is 16.5. The van der Waals surface area contributed by atoms with Crippen molar-refractivity contribution >= 4 is 32.9 Å². The number of likely N-dealkylation sites (tertiary alicyclic amines) is 1. The maximum absolute atomic E-state index is 14.8. The van der Waals surface area contributed by atoms with Crippen LogP contribution in [0.1, 0.15) is 97.0 Å². The Labute approximate surface area is 293 Å². The Kier molecular flexibility index (Phi) is 9.00. The van der Waals surface area contributed by atoms with Crippen LogP contribution in [0.2, 0.25) is 0 Å². The van der Waals surface area contributed by atoms with E-state index in [1.54, 1.807) is 26.2 Å². The molecule has 1 atom stereocenters. The Bertz CT molecular complexity index is 2060. The van der Waals surface area contributed by atoms with E-state index in [0.717, 1.165) is 76.3 Å². The van der Waals surface area contributed by atoms with Gasteiger partial charge in [0, 0.05) is 68.6 Å². The normalized spacial score (nSPS) is 20.4. The summed E-state index contributed by atoms with van der Waals surface area (Å²) in [6.45, 7) is 5.40. The third-order valence-electron chi connectivity index (χ3n) is 10.9. The molecule has 0 unspecified atom stereocenters. The molecule has 13 heteroatoms. The fourth-order valence-corrected chi connectivity index (χ4v) is 8.81. The zero-order chi connectivity index (χ0) is 35.4. The largest absolute Gasteiger partial charge is 0.497 e. The van der Waals surface area contributed by atoms with Gasteiger partial charge in [-0.25, -0.2) is 4.72 Å². The molecule has 1 saturated carbocycles. The number of methoxy groups -OCH3 is 1. The minimum atomic E-state index is -3.99. The average Bonchev–Trinajstić information content (AvgIpc) is 3.64. The number of nitrogens with one attached hydrogen (secondary N) is 1. The Hall–Kier alpha value is -4.23. The molecule has 2 amide bonds. The van der Waals surface area contributed by atoms with Crippen molar-refractivity contribution in [3.63, 3.8) is 0 Å². The Balaban J connectivity index is 1.34. The van der Waals surface area contributed by atoms with E-state index in [-0.39, 0.29) is 17.4 Å². The van der Waals surface area contributed by atoms with Crippen LogP contribution in [0.4, 0.5) is 0 Å². The number of piperidine rings is 1. The molecule has 0 spiro atoms. The summed E-state index contributed by atoms with van der Waals surface area (Å²) in [6, 6.07) is 11.6. The number of carbonyl (C=O) groups excluding carboxylic acids is 2. The maximum Gasteiger partial charge on any atom is 0.303 e. The molecule has 1 aliphatic carbocycles. The summed E-state index contributed by atoms with van der Waals surface area (Å²) < 4.78 is 42.0. The van der Waals surface area contributed by atoms with Crippen LogP contribution in [0.15, 0.2) is 40.8 Å². The van der Waals surface area contributed by atoms with Crippen LogP contribution in [-0.4, -0.2) is 78.5 Å². The molecule has 0 radical (unpaired) electrons. The summed E-state index contributed by atoms with van der Waals surface area (Å²) >= 11 is 0. The second-order valence-electron chi connectivity index (χ2n) is 14.6. The van der Waals surface area contributed by atoms with E-state index >= 15 is 0 Å². The molecule has 2 fully saturated rings. The Morgan fingerprint density at radius 2 is 1.74 bits per heavy atom. The van der Waals surface area contributed by atoms with Crippen molar-refractivity contribution < 1.29 is 27.2 Å². The minimum Gasteiger partial charge on any atom is -0.497 e. The highest BCUT2D eigenvalue weighted by molar-refractivity contribution is 7.87. The molecule has 2 aromatic carbocycles. The molecule has 12 nitrogen and oxygen atoms in total. The van der Waals surface area contributed by atoms with E-state index in [4.69, 9.17) is 9.15 Å². The average molecular weight is 703 g/mol. The number of aromatic nitrogens is 3. The van der Waals surface area contributed by atoms with Crippen LogP contribution in [0, 0.1) is 12.3 Å². The van der Waals surface area contributed by atoms with Gasteiger partial charge < -0.3 is 18.6 Å². The van der Waals surface area contributed by atoms with Crippen LogP contribution in [-0.2, 0) is 28.0 Å². The van der Waals surface area contributed by atoms with Crippen molar-refractivity contribution in [2.45, 2.75) is 83.6 Å². The number of amides is 2. The number of hydrogen-bond acceptors (Lipinski definition) is 8. The van der Waals surface area contributed by atoms with Crippen LogP contribution in [0.3, 0.4) is 0 Å². The van der Waals surface area contributed by atoms with E-state index < -0.39 is 21.5 Å². The second kappa shape index (κ2) is 13.1. The monoisotopic (exact) mass is 702 g/mol. The van der Waals surface area contributed by atoms with Gasteiger partial charge in [-0.05, 0) is 86.4 Å². The predicted molar refractivity (Wildman–Crippen MR) is 189 cm³/mol. The number of ether oxygens (including phenoxy) is 1. The molecule has 1 N–H and O–H groups in total. The fourth-order valence-electron chi connectivity index (χ4n) is 8.27.